The third kappa shape index (κ3) is 1.68. The van der Waals surface area contributed by atoms with Crippen molar-refractivity contribution in [2.24, 2.45) is 0 Å². The number of benzene rings is 1. The van der Waals surface area contributed by atoms with Gasteiger partial charge in [0.05, 0.1) is 29.0 Å². The van der Waals surface area contributed by atoms with Gasteiger partial charge >= 0.3 is 5.97 Å². The summed E-state index contributed by atoms with van der Waals surface area (Å²) in [5.41, 5.74) is 1.73. The number of aromatic amines is 1. The van der Waals surface area contributed by atoms with Crippen molar-refractivity contribution in [3.05, 3.63) is 29.0 Å². The molecule has 0 spiro atoms. The number of rotatable bonds is 2. The lowest BCUT2D eigenvalue weighted by Gasteiger charge is -2.03. The Labute approximate surface area is 91.2 Å². The Hall–Kier alpha value is -1.55. The highest BCUT2D eigenvalue weighted by Crippen LogP contribution is 2.25. The lowest BCUT2D eigenvalue weighted by Crippen LogP contribution is -2.05. The van der Waals surface area contributed by atoms with Gasteiger partial charge in [-0.15, -0.1) is 0 Å². The SMILES string of the molecule is CCOC(=O)c1ccc2[nH]cnc2c1Cl. The monoisotopic (exact) mass is 224 g/mol. The van der Waals surface area contributed by atoms with Gasteiger partial charge in [0.25, 0.3) is 0 Å². The summed E-state index contributed by atoms with van der Waals surface area (Å²) >= 11 is 6.03. The number of fused-ring (bicyclic) bond motifs is 1. The number of hydrogen-bond donors (Lipinski definition) is 1. The zero-order chi connectivity index (χ0) is 10.8. The first-order valence-electron chi connectivity index (χ1n) is 4.52. The van der Waals surface area contributed by atoms with Crippen molar-refractivity contribution in [3.8, 4) is 0 Å². The number of nitrogens with one attached hydrogen (secondary N) is 1. The lowest BCUT2D eigenvalue weighted by atomic mass is 10.2. The number of carbonyl (C=O) groups is 1. The summed E-state index contributed by atoms with van der Waals surface area (Å²) in [7, 11) is 0. The number of H-pyrrole nitrogens is 1. The van der Waals surface area contributed by atoms with Crippen LogP contribution in [0.2, 0.25) is 5.02 Å². The van der Waals surface area contributed by atoms with E-state index in [-0.39, 0.29) is 0 Å². The van der Waals surface area contributed by atoms with Crippen molar-refractivity contribution in [1.29, 1.82) is 0 Å². The van der Waals surface area contributed by atoms with E-state index < -0.39 is 5.97 Å². The molecule has 0 saturated heterocycles. The number of nitrogens with zero attached hydrogens (tertiary/aromatic N) is 1. The maximum atomic E-state index is 11.5. The van der Waals surface area contributed by atoms with Crippen LogP contribution in [0.5, 0.6) is 0 Å². The minimum absolute atomic E-state index is 0.326. The predicted octanol–water partition coefficient (Wildman–Crippen LogP) is 2.39. The Morgan fingerprint density at radius 1 is 1.60 bits per heavy atom. The molecule has 78 valence electrons. The fourth-order valence-corrected chi connectivity index (χ4v) is 1.63. The zero-order valence-corrected chi connectivity index (χ0v) is 8.84. The van der Waals surface area contributed by atoms with Crippen LogP contribution in [0.1, 0.15) is 17.3 Å². The number of hydrogen-bond acceptors (Lipinski definition) is 3. The van der Waals surface area contributed by atoms with Crippen molar-refractivity contribution < 1.29 is 9.53 Å². The molecule has 1 N–H and O–H groups in total. The topological polar surface area (TPSA) is 55.0 Å². The molecule has 0 aliphatic rings. The number of carbonyl (C=O) groups excluding carboxylic acids is 1. The number of imidazole rings is 1. The van der Waals surface area contributed by atoms with Crippen LogP contribution in [-0.4, -0.2) is 22.5 Å². The van der Waals surface area contributed by atoms with Crippen molar-refractivity contribution >= 4 is 28.6 Å². The first kappa shape index (κ1) is 9.98. The molecule has 0 atom stereocenters. The van der Waals surface area contributed by atoms with Crippen LogP contribution in [0.4, 0.5) is 0 Å². The molecule has 15 heavy (non-hydrogen) atoms. The van der Waals surface area contributed by atoms with Gasteiger partial charge in [0.15, 0.2) is 0 Å². The van der Waals surface area contributed by atoms with E-state index in [4.69, 9.17) is 16.3 Å². The molecular weight excluding hydrogens is 216 g/mol. The molecule has 0 bridgehead atoms. The Morgan fingerprint density at radius 2 is 2.40 bits per heavy atom. The van der Waals surface area contributed by atoms with Crippen molar-refractivity contribution in [3.63, 3.8) is 0 Å². The van der Waals surface area contributed by atoms with E-state index in [1.165, 1.54) is 6.33 Å². The van der Waals surface area contributed by atoms with Gasteiger partial charge in [0.1, 0.15) is 5.52 Å². The third-order valence-corrected chi connectivity index (χ3v) is 2.41. The van der Waals surface area contributed by atoms with Gasteiger partial charge in [-0.2, -0.15) is 0 Å². The van der Waals surface area contributed by atoms with Crippen molar-refractivity contribution in [1.82, 2.24) is 9.97 Å². The van der Waals surface area contributed by atoms with E-state index in [1.807, 2.05) is 0 Å². The molecule has 0 saturated carbocycles. The van der Waals surface area contributed by atoms with Crippen molar-refractivity contribution in [2.75, 3.05) is 6.61 Å². The highest BCUT2D eigenvalue weighted by atomic mass is 35.5. The van der Waals surface area contributed by atoms with E-state index in [9.17, 15) is 4.79 Å². The van der Waals surface area contributed by atoms with Gasteiger partial charge in [-0.1, -0.05) is 11.6 Å². The predicted molar refractivity (Wildman–Crippen MR) is 57.1 cm³/mol. The Bertz CT molecular complexity index is 507. The van der Waals surface area contributed by atoms with Crippen molar-refractivity contribution in [2.45, 2.75) is 6.92 Å². The summed E-state index contributed by atoms with van der Waals surface area (Å²) in [6, 6.07) is 3.38. The van der Waals surface area contributed by atoms with Crippen LogP contribution in [-0.2, 0) is 4.74 Å². The van der Waals surface area contributed by atoms with Crippen LogP contribution < -0.4 is 0 Å². The summed E-state index contributed by atoms with van der Waals surface area (Å²) in [5, 5.41) is 0.326. The molecular formula is C10H9ClN2O2. The molecule has 0 radical (unpaired) electrons. The normalized spacial score (nSPS) is 10.5. The maximum absolute atomic E-state index is 11.5. The summed E-state index contributed by atoms with van der Waals surface area (Å²) < 4.78 is 4.87. The second-order valence-corrected chi connectivity index (χ2v) is 3.32. The molecule has 2 aromatic rings. The molecule has 1 aromatic carbocycles. The van der Waals surface area contributed by atoms with Gasteiger partial charge in [0, 0.05) is 0 Å². The number of ether oxygens (including phenoxy) is 1. The van der Waals surface area contributed by atoms with Gasteiger partial charge in [0.2, 0.25) is 0 Å². The van der Waals surface area contributed by atoms with Gasteiger partial charge in [-0.05, 0) is 19.1 Å². The first-order chi connectivity index (χ1) is 7.24. The molecule has 0 unspecified atom stereocenters. The lowest BCUT2D eigenvalue weighted by molar-refractivity contribution is 0.0527. The van der Waals surface area contributed by atoms with E-state index >= 15 is 0 Å². The second kappa shape index (κ2) is 3.90. The summed E-state index contributed by atoms with van der Waals surface area (Å²) in [6.07, 6.45) is 1.53. The Balaban J connectivity index is 2.52. The first-order valence-corrected chi connectivity index (χ1v) is 4.90. The third-order valence-electron chi connectivity index (χ3n) is 2.03. The quantitative estimate of drug-likeness (QED) is 0.797. The summed E-state index contributed by atoms with van der Waals surface area (Å²) in [4.78, 5) is 18.4. The van der Waals surface area contributed by atoms with Gasteiger partial charge in [-0.25, -0.2) is 9.78 Å². The average molecular weight is 225 g/mol. The molecule has 0 amide bonds. The molecule has 1 aromatic heterocycles. The van der Waals surface area contributed by atoms with Crippen LogP contribution in [0.25, 0.3) is 11.0 Å². The minimum atomic E-state index is -0.424. The van der Waals surface area contributed by atoms with Crippen LogP contribution in [0, 0.1) is 0 Å². The highest BCUT2D eigenvalue weighted by Gasteiger charge is 2.14. The molecule has 4 nitrogen and oxygen atoms in total. The molecule has 5 heteroatoms. The molecule has 0 fully saturated rings. The van der Waals surface area contributed by atoms with E-state index in [1.54, 1.807) is 19.1 Å². The Kier molecular flexibility index (Phi) is 2.60. The van der Waals surface area contributed by atoms with E-state index in [0.717, 1.165) is 5.52 Å². The standard InChI is InChI=1S/C10H9ClN2O2/c1-2-15-10(14)6-3-4-7-9(8(6)11)13-5-12-7/h3-5H,2H2,1H3,(H,12,13). The minimum Gasteiger partial charge on any atom is -0.462 e. The number of aromatic nitrogens is 2. The second-order valence-electron chi connectivity index (χ2n) is 2.95. The van der Waals surface area contributed by atoms with Crippen LogP contribution in [0.15, 0.2) is 18.5 Å². The van der Waals surface area contributed by atoms with E-state index in [0.29, 0.717) is 22.7 Å². The fourth-order valence-electron chi connectivity index (χ4n) is 1.34. The molecule has 1 heterocycles. The van der Waals surface area contributed by atoms with Gasteiger partial charge < -0.3 is 9.72 Å². The smallest absolute Gasteiger partial charge is 0.339 e. The van der Waals surface area contributed by atoms with E-state index in [2.05, 4.69) is 9.97 Å². The highest BCUT2D eigenvalue weighted by molar-refractivity contribution is 6.37. The fraction of sp³-hybridized carbons (Fsp3) is 0.200. The maximum Gasteiger partial charge on any atom is 0.339 e. The largest absolute Gasteiger partial charge is 0.462 e. The molecule has 0 aliphatic carbocycles. The molecule has 0 aliphatic heterocycles. The average Bonchev–Trinajstić information content (AvgIpc) is 2.67. The molecule has 2 rings (SSSR count). The number of esters is 1. The number of halogens is 1. The van der Waals surface area contributed by atoms with Crippen LogP contribution in [0.3, 0.4) is 0 Å². The van der Waals surface area contributed by atoms with Gasteiger partial charge in [-0.3, -0.25) is 0 Å². The summed E-state index contributed by atoms with van der Waals surface area (Å²) in [6.45, 7) is 2.08. The summed E-state index contributed by atoms with van der Waals surface area (Å²) in [5.74, 6) is -0.424. The Morgan fingerprint density at radius 3 is 3.13 bits per heavy atom. The van der Waals surface area contributed by atoms with Crippen LogP contribution >= 0.6 is 11.6 Å². The zero-order valence-electron chi connectivity index (χ0n) is 8.08.